The summed E-state index contributed by atoms with van der Waals surface area (Å²) in [6.07, 6.45) is 3.40. The third-order valence-corrected chi connectivity index (χ3v) is 4.61. The average molecular weight is 364 g/mol. The van der Waals surface area contributed by atoms with Gasteiger partial charge in [-0.1, -0.05) is 12.1 Å². The first-order valence-electron chi connectivity index (χ1n) is 8.61. The zero-order chi connectivity index (χ0) is 18.5. The molecule has 0 radical (unpaired) electrons. The molecule has 0 aliphatic carbocycles. The number of benzene rings is 1. The van der Waals surface area contributed by atoms with Crippen LogP contribution in [0.5, 0.6) is 5.75 Å². The van der Waals surface area contributed by atoms with E-state index in [1.54, 1.807) is 12.1 Å². The smallest absolute Gasteiger partial charge is 0.387 e. The maximum absolute atomic E-state index is 12.9. The number of piperidine rings is 1. The molecule has 8 heteroatoms. The van der Waals surface area contributed by atoms with Gasteiger partial charge in [0.2, 0.25) is 0 Å². The van der Waals surface area contributed by atoms with Crippen molar-refractivity contribution in [1.29, 1.82) is 0 Å². The van der Waals surface area contributed by atoms with Crippen LogP contribution in [0, 0.1) is 5.92 Å². The molecule has 0 bridgehead atoms. The lowest BCUT2D eigenvalue weighted by Crippen LogP contribution is -2.40. The summed E-state index contributed by atoms with van der Waals surface area (Å²) in [7, 11) is 1.93. The number of hydrogen-bond acceptors (Lipinski definition) is 4. The number of ether oxygens (including phenoxy) is 1. The van der Waals surface area contributed by atoms with Crippen LogP contribution in [-0.2, 0) is 0 Å². The number of H-pyrrole nitrogens is 1. The van der Waals surface area contributed by atoms with E-state index in [1.807, 2.05) is 11.9 Å². The summed E-state index contributed by atoms with van der Waals surface area (Å²) in [6, 6.07) is 6.24. The highest BCUT2D eigenvalue weighted by molar-refractivity contribution is 5.99. The van der Waals surface area contributed by atoms with E-state index in [0.717, 1.165) is 19.4 Å². The van der Waals surface area contributed by atoms with E-state index in [-0.39, 0.29) is 11.7 Å². The lowest BCUT2D eigenvalue weighted by atomic mass is 9.96. The van der Waals surface area contributed by atoms with Gasteiger partial charge in [-0.3, -0.25) is 9.89 Å². The molecule has 1 fully saturated rings. The molecule has 1 aromatic heterocycles. The van der Waals surface area contributed by atoms with E-state index in [2.05, 4.69) is 20.3 Å². The summed E-state index contributed by atoms with van der Waals surface area (Å²) in [5.74, 6) is 0.520. The van der Waals surface area contributed by atoms with E-state index in [9.17, 15) is 13.6 Å². The predicted octanol–water partition coefficient (Wildman–Crippen LogP) is 2.75. The second-order valence-electron chi connectivity index (χ2n) is 6.36. The van der Waals surface area contributed by atoms with Gasteiger partial charge in [-0.15, -0.1) is 0 Å². The Balaban J connectivity index is 1.75. The van der Waals surface area contributed by atoms with Crippen molar-refractivity contribution in [3.8, 4) is 17.0 Å². The maximum atomic E-state index is 12.9. The Morgan fingerprint density at radius 1 is 1.42 bits per heavy atom. The molecule has 0 spiro atoms. The Labute approximate surface area is 150 Å². The molecule has 0 atom stereocenters. The number of hydrogen-bond donors (Lipinski definition) is 2. The number of alkyl halides is 2. The zero-order valence-electron chi connectivity index (χ0n) is 14.5. The van der Waals surface area contributed by atoms with Crippen molar-refractivity contribution in [1.82, 2.24) is 20.4 Å². The highest BCUT2D eigenvalue weighted by atomic mass is 19.3. The molecule has 1 saturated heterocycles. The van der Waals surface area contributed by atoms with Crippen molar-refractivity contribution < 1.29 is 18.3 Å². The van der Waals surface area contributed by atoms with Crippen molar-refractivity contribution >= 4 is 5.91 Å². The van der Waals surface area contributed by atoms with Crippen LogP contribution in [0.1, 0.15) is 23.2 Å². The summed E-state index contributed by atoms with van der Waals surface area (Å²) in [6.45, 7) is -0.545. The van der Waals surface area contributed by atoms with Gasteiger partial charge in [-0.05, 0) is 44.5 Å². The standard InChI is InChI=1S/C18H22F2N4O2/c1-21-10-12-5-7-24(8-6-12)17(25)15-11-22-23-16(15)13-3-2-4-14(9-13)26-18(19)20/h2-4,9,11-12,18,21H,5-8,10H2,1H3,(H,22,23). The quantitative estimate of drug-likeness (QED) is 0.827. The monoisotopic (exact) mass is 364 g/mol. The van der Waals surface area contributed by atoms with Crippen LogP contribution in [0.3, 0.4) is 0 Å². The van der Waals surface area contributed by atoms with Crippen LogP contribution in [0.2, 0.25) is 0 Å². The number of carbonyl (C=O) groups is 1. The van der Waals surface area contributed by atoms with Crippen LogP contribution in [0.4, 0.5) is 8.78 Å². The molecule has 0 unspecified atom stereocenters. The van der Waals surface area contributed by atoms with Gasteiger partial charge in [0.25, 0.3) is 5.91 Å². The van der Waals surface area contributed by atoms with Gasteiger partial charge >= 0.3 is 6.61 Å². The number of aromatic amines is 1. The maximum Gasteiger partial charge on any atom is 0.387 e. The minimum absolute atomic E-state index is 0.0402. The first-order chi connectivity index (χ1) is 12.6. The Bertz CT molecular complexity index is 742. The SMILES string of the molecule is CNCC1CCN(C(=O)c2cn[nH]c2-c2cccc(OC(F)F)c2)CC1. The highest BCUT2D eigenvalue weighted by Crippen LogP contribution is 2.27. The third kappa shape index (κ3) is 4.19. The van der Waals surface area contributed by atoms with Crippen LogP contribution in [0.25, 0.3) is 11.3 Å². The van der Waals surface area contributed by atoms with Gasteiger partial charge in [0.05, 0.1) is 17.5 Å². The van der Waals surface area contributed by atoms with E-state index >= 15 is 0 Å². The van der Waals surface area contributed by atoms with Crippen LogP contribution in [0.15, 0.2) is 30.5 Å². The lowest BCUT2D eigenvalue weighted by molar-refractivity contribution is -0.0498. The lowest BCUT2D eigenvalue weighted by Gasteiger charge is -2.31. The second kappa shape index (κ2) is 8.27. The fourth-order valence-corrected chi connectivity index (χ4v) is 3.30. The fraction of sp³-hybridized carbons (Fsp3) is 0.444. The number of aromatic nitrogens is 2. The Hall–Kier alpha value is -2.48. The molecule has 0 saturated carbocycles. The minimum atomic E-state index is -2.90. The van der Waals surface area contributed by atoms with Crippen molar-refractivity contribution in [3.63, 3.8) is 0 Å². The van der Waals surface area contributed by atoms with Gasteiger partial charge in [0.15, 0.2) is 0 Å². The van der Waals surface area contributed by atoms with Crippen molar-refractivity contribution in [2.24, 2.45) is 5.92 Å². The summed E-state index contributed by atoms with van der Waals surface area (Å²) < 4.78 is 29.3. The molecule has 2 N–H and O–H groups in total. The van der Waals surface area contributed by atoms with Gasteiger partial charge in [-0.25, -0.2) is 0 Å². The zero-order valence-corrected chi connectivity index (χ0v) is 14.5. The van der Waals surface area contributed by atoms with E-state index in [0.29, 0.717) is 35.8 Å². The Morgan fingerprint density at radius 3 is 2.88 bits per heavy atom. The Kier molecular flexibility index (Phi) is 5.82. The van der Waals surface area contributed by atoms with E-state index in [4.69, 9.17) is 0 Å². The molecule has 1 aliphatic heterocycles. The molecule has 2 aromatic rings. The summed E-state index contributed by atoms with van der Waals surface area (Å²) in [4.78, 5) is 14.7. The van der Waals surface area contributed by atoms with Crippen LogP contribution < -0.4 is 10.1 Å². The number of rotatable bonds is 6. The molecular weight excluding hydrogens is 342 g/mol. The first-order valence-corrected chi connectivity index (χ1v) is 8.61. The molecule has 6 nitrogen and oxygen atoms in total. The number of carbonyl (C=O) groups excluding carboxylic acids is 1. The van der Waals surface area contributed by atoms with Crippen LogP contribution >= 0.6 is 0 Å². The highest BCUT2D eigenvalue weighted by Gasteiger charge is 2.26. The molecule has 26 heavy (non-hydrogen) atoms. The van der Waals surface area contributed by atoms with E-state index < -0.39 is 6.61 Å². The number of halogens is 2. The molecule has 1 aromatic carbocycles. The van der Waals surface area contributed by atoms with Crippen molar-refractivity contribution in [3.05, 3.63) is 36.0 Å². The van der Waals surface area contributed by atoms with Crippen molar-refractivity contribution in [2.45, 2.75) is 19.5 Å². The number of nitrogens with zero attached hydrogens (tertiary/aromatic N) is 2. The molecular formula is C18H22F2N4O2. The number of amides is 1. The van der Waals surface area contributed by atoms with Crippen LogP contribution in [-0.4, -0.2) is 54.3 Å². The van der Waals surface area contributed by atoms with Gasteiger partial charge in [-0.2, -0.15) is 13.9 Å². The predicted molar refractivity (Wildman–Crippen MR) is 93.2 cm³/mol. The molecule has 3 rings (SSSR count). The third-order valence-electron chi connectivity index (χ3n) is 4.61. The summed E-state index contributed by atoms with van der Waals surface area (Å²) in [5, 5.41) is 9.95. The topological polar surface area (TPSA) is 70.2 Å². The molecule has 2 heterocycles. The number of nitrogens with one attached hydrogen (secondary N) is 2. The number of likely N-dealkylation sites (tertiary alicyclic amines) is 1. The van der Waals surface area contributed by atoms with E-state index in [1.165, 1.54) is 18.3 Å². The summed E-state index contributed by atoms with van der Waals surface area (Å²) >= 11 is 0. The first kappa shape index (κ1) is 18.3. The van der Waals surface area contributed by atoms with Gasteiger partial charge < -0.3 is 15.0 Å². The largest absolute Gasteiger partial charge is 0.435 e. The Morgan fingerprint density at radius 2 is 2.19 bits per heavy atom. The fourth-order valence-electron chi connectivity index (χ4n) is 3.30. The molecule has 1 amide bonds. The molecule has 1 aliphatic rings. The van der Waals surface area contributed by atoms with Crippen molar-refractivity contribution in [2.75, 3.05) is 26.7 Å². The van der Waals surface area contributed by atoms with Gasteiger partial charge in [0, 0.05) is 18.7 Å². The minimum Gasteiger partial charge on any atom is -0.435 e. The average Bonchev–Trinajstić information content (AvgIpc) is 3.11. The van der Waals surface area contributed by atoms with Gasteiger partial charge in [0.1, 0.15) is 5.75 Å². The normalized spacial score (nSPS) is 15.5. The summed E-state index contributed by atoms with van der Waals surface area (Å²) in [5.41, 5.74) is 1.52. The molecule has 140 valence electrons. The second-order valence-corrected chi connectivity index (χ2v) is 6.36.